The maximum absolute atomic E-state index is 10.8. The monoisotopic (exact) mass is 172 g/mol. The molecule has 0 saturated carbocycles. The number of carbonyl (C=O) groups excluding carboxylic acids is 1. The van der Waals surface area contributed by atoms with Crippen LogP contribution < -0.4 is 0 Å². The predicted molar refractivity (Wildman–Crippen MR) is 37.4 cm³/mol. The minimum Gasteiger partial charge on any atom is -0.478 e. The van der Waals surface area contributed by atoms with Crippen molar-refractivity contribution in [1.82, 2.24) is 0 Å². The molecule has 12 heavy (non-hydrogen) atoms. The van der Waals surface area contributed by atoms with Crippen LogP contribution in [0.3, 0.4) is 0 Å². The van der Waals surface area contributed by atoms with Crippen LogP contribution in [0.25, 0.3) is 0 Å². The van der Waals surface area contributed by atoms with Crippen molar-refractivity contribution in [3.8, 4) is 0 Å². The van der Waals surface area contributed by atoms with Gasteiger partial charge >= 0.3 is 5.97 Å². The van der Waals surface area contributed by atoms with Gasteiger partial charge in [-0.15, -0.1) is 0 Å². The molecule has 0 unspecified atom stereocenters. The third kappa shape index (κ3) is 1.51. The Balaban J connectivity index is 2.88. The van der Waals surface area contributed by atoms with E-state index in [0.717, 1.165) is 6.08 Å². The molecule has 0 radical (unpaired) electrons. The van der Waals surface area contributed by atoms with E-state index in [1.807, 2.05) is 0 Å². The van der Waals surface area contributed by atoms with Crippen LogP contribution >= 0.6 is 0 Å². The number of aliphatic hydroxyl groups excluding tert-OH is 2. The molecular weight excluding hydrogens is 164 g/mol. The Morgan fingerprint density at radius 1 is 1.50 bits per heavy atom. The zero-order chi connectivity index (χ0) is 9.30. The first-order chi connectivity index (χ1) is 5.52. The molecule has 66 valence electrons. The van der Waals surface area contributed by atoms with Crippen molar-refractivity contribution in [3.05, 3.63) is 11.6 Å². The summed E-state index contributed by atoms with van der Waals surface area (Å²) >= 11 is 0. The van der Waals surface area contributed by atoms with E-state index in [2.05, 4.69) is 0 Å². The molecule has 0 saturated heterocycles. The van der Waals surface area contributed by atoms with Gasteiger partial charge in [-0.1, -0.05) is 0 Å². The first kappa shape index (κ1) is 8.89. The molecule has 0 aliphatic heterocycles. The number of Topliss-reactive ketones (excluding diaryl/α,β-unsaturated/α-hetero) is 1. The minimum atomic E-state index is -1.48. The molecule has 0 amide bonds. The molecule has 1 aliphatic rings. The van der Waals surface area contributed by atoms with Crippen LogP contribution in [-0.4, -0.2) is 39.3 Å². The molecule has 3 N–H and O–H groups in total. The maximum Gasteiger partial charge on any atom is 0.331 e. The average Bonchev–Trinajstić information content (AvgIpc) is 1.99. The molecule has 0 aromatic heterocycles. The Kier molecular flexibility index (Phi) is 2.25. The van der Waals surface area contributed by atoms with Crippen molar-refractivity contribution >= 4 is 11.8 Å². The molecule has 0 aromatic carbocycles. The zero-order valence-corrected chi connectivity index (χ0v) is 6.10. The van der Waals surface area contributed by atoms with Crippen LogP contribution in [0, 0.1) is 0 Å². The number of aliphatic hydroxyl groups is 2. The molecule has 5 heteroatoms. The second-order valence-corrected chi connectivity index (χ2v) is 2.58. The first-order valence-corrected chi connectivity index (χ1v) is 3.35. The average molecular weight is 172 g/mol. The van der Waals surface area contributed by atoms with Gasteiger partial charge in [0.1, 0.15) is 12.2 Å². The molecule has 1 rings (SSSR count). The fourth-order valence-electron chi connectivity index (χ4n) is 0.986. The summed E-state index contributed by atoms with van der Waals surface area (Å²) in [5, 5.41) is 26.3. The highest BCUT2D eigenvalue weighted by Gasteiger charge is 2.30. The molecular formula is C7H8O5. The van der Waals surface area contributed by atoms with Gasteiger partial charge in [0.2, 0.25) is 0 Å². The van der Waals surface area contributed by atoms with Gasteiger partial charge in [-0.05, 0) is 6.08 Å². The Morgan fingerprint density at radius 2 is 2.08 bits per heavy atom. The van der Waals surface area contributed by atoms with Gasteiger partial charge < -0.3 is 15.3 Å². The van der Waals surface area contributed by atoms with Gasteiger partial charge in [-0.25, -0.2) is 4.79 Å². The van der Waals surface area contributed by atoms with Gasteiger partial charge in [-0.2, -0.15) is 0 Å². The van der Waals surface area contributed by atoms with Crippen LogP contribution in [-0.2, 0) is 9.59 Å². The summed E-state index contributed by atoms with van der Waals surface area (Å²) in [7, 11) is 0. The highest BCUT2D eigenvalue weighted by molar-refractivity contribution is 5.98. The molecule has 1 aliphatic carbocycles. The summed E-state index contributed by atoms with van der Waals surface area (Å²) in [5.74, 6) is -1.91. The lowest BCUT2D eigenvalue weighted by molar-refractivity contribution is -0.137. The highest BCUT2D eigenvalue weighted by Crippen LogP contribution is 2.15. The minimum absolute atomic E-state index is 0.169. The highest BCUT2D eigenvalue weighted by atomic mass is 16.4. The summed E-state index contributed by atoms with van der Waals surface area (Å²) in [6, 6.07) is 0. The van der Waals surface area contributed by atoms with E-state index in [4.69, 9.17) is 15.3 Å². The summed E-state index contributed by atoms with van der Waals surface area (Å²) < 4.78 is 0. The van der Waals surface area contributed by atoms with Gasteiger partial charge in [0, 0.05) is 12.0 Å². The molecule has 2 atom stereocenters. The summed E-state index contributed by atoms with van der Waals surface area (Å²) in [6.45, 7) is 0. The van der Waals surface area contributed by atoms with Gasteiger partial charge in [0.25, 0.3) is 0 Å². The Labute approximate surface area is 67.9 Å². The van der Waals surface area contributed by atoms with E-state index in [9.17, 15) is 9.59 Å². The Hall–Kier alpha value is -1.20. The van der Waals surface area contributed by atoms with Crippen LogP contribution in [0.5, 0.6) is 0 Å². The molecule has 0 bridgehead atoms. The lowest BCUT2D eigenvalue weighted by Gasteiger charge is -2.19. The van der Waals surface area contributed by atoms with E-state index < -0.39 is 24.0 Å². The molecule has 0 heterocycles. The number of hydrogen-bond acceptors (Lipinski definition) is 4. The first-order valence-electron chi connectivity index (χ1n) is 3.35. The third-order valence-corrected chi connectivity index (χ3v) is 1.66. The number of carboxylic acid groups (broad SMARTS) is 1. The summed E-state index contributed by atoms with van der Waals surface area (Å²) in [6.07, 6.45) is -2.22. The van der Waals surface area contributed by atoms with E-state index in [1.54, 1.807) is 0 Å². The topological polar surface area (TPSA) is 94.8 Å². The molecule has 0 fully saturated rings. The molecule has 5 nitrogen and oxygen atoms in total. The fraction of sp³-hybridized carbons (Fsp3) is 0.429. The predicted octanol–water partition coefficient (Wildman–Crippen LogP) is -1.31. The Bertz CT molecular complexity index is 255. The van der Waals surface area contributed by atoms with E-state index in [1.165, 1.54) is 0 Å². The molecule has 0 spiro atoms. The number of carbonyl (C=O) groups is 2. The lowest BCUT2D eigenvalue weighted by Crippen LogP contribution is -2.37. The van der Waals surface area contributed by atoms with Crippen LogP contribution in [0.2, 0.25) is 0 Å². The number of rotatable bonds is 1. The number of ketones is 1. The smallest absolute Gasteiger partial charge is 0.331 e. The summed E-state index contributed by atoms with van der Waals surface area (Å²) in [5.41, 5.74) is -0.169. The van der Waals surface area contributed by atoms with Crippen LogP contribution in [0.4, 0.5) is 0 Å². The van der Waals surface area contributed by atoms with Gasteiger partial charge in [-0.3, -0.25) is 4.79 Å². The van der Waals surface area contributed by atoms with E-state index in [0.29, 0.717) is 0 Å². The van der Waals surface area contributed by atoms with Crippen molar-refractivity contribution in [2.75, 3.05) is 0 Å². The normalized spacial score (nSPS) is 29.8. The number of carboxylic acids is 1. The van der Waals surface area contributed by atoms with Gasteiger partial charge in [0.15, 0.2) is 5.78 Å². The van der Waals surface area contributed by atoms with Crippen molar-refractivity contribution < 1.29 is 24.9 Å². The second kappa shape index (κ2) is 3.04. The maximum atomic E-state index is 10.8. The quantitative estimate of drug-likeness (QED) is 0.456. The SMILES string of the molecule is O=C(O)C1=C[C@H](O)[C@@H](O)C(=O)C1. The van der Waals surface area contributed by atoms with Crippen molar-refractivity contribution in [2.24, 2.45) is 0 Å². The standard InChI is InChI=1S/C7H8O5/c8-4-1-3(7(11)12)2-5(9)6(4)10/h1,4,6,8,10H,2H2,(H,11,12)/t4-,6+/m0/s1. The summed E-state index contributed by atoms with van der Waals surface area (Å²) in [4.78, 5) is 21.1. The Morgan fingerprint density at radius 3 is 2.50 bits per heavy atom. The van der Waals surface area contributed by atoms with E-state index >= 15 is 0 Å². The largest absolute Gasteiger partial charge is 0.478 e. The third-order valence-electron chi connectivity index (χ3n) is 1.66. The zero-order valence-electron chi connectivity index (χ0n) is 6.10. The van der Waals surface area contributed by atoms with Crippen molar-refractivity contribution in [1.29, 1.82) is 0 Å². The van der Waals surface area contributed by atoms with Crippen molar-refractivity contribution in [3.63, 3.8) is 0 Å². The van der Waals surface area contributed by atoms with Crippen molar-refractivity contribution in [2.45, 2.75) is 18.6 Å². The van der Waals surface area contributed by atoms with Crippen LogP contribution in [0.1, 0.15) is 6.42 Å². The number of hydrogen-bond donors (Lipinski definition) is 3. The van der Waals surface area contributed by atoms with E-state index in [-0.39, 0.29) is 12.0 Å². The number of aliphatic carboxylic acids is 1. The van der Waals surface area contributed by atoms with Gasteiger partial charge in [0.05, 0.1) is 0 Å². The lowest BCUT2D eigenvalue weighted by atomic mass is 9.94. The molecule has 0 aromatic rings. The van der Waals surface area contributed by atoms with Crippen LogP contribution in [0.15, 0.2) is 11.6 Å². The fourth-order valence-corrected chi connectivity index (χ4v) is 0.986. The second-order valence-electron chi connectivity index (χ2n) is 2.58.